The normalized spacial score (nSPS) is 15.2. The van der Waals surface area contributed by atoms with Crippen LogP contribution < -0.4 is 32.9 Å². The van der Waals surface area contributed by atoms with E-state index in [2.05, 4.69) is 64.8 Å². The molecular weight excluding hydrogens is 893 g/mol. The van der Waals surface area contributed by atoms with Gasteiger partial charge in [-0.2, -0.15) is 81.6 Å². The highest BCUT2D eigenvalue weighted by Crippen LogP contribution is 2.39. The topological polar surface area (TPSA) is 236 Å². The van der Waals surface area contributed by atoms with E-state index in [1.165, 1.54) is 12.1 Å². The first-order valence-electron chi connectivity index (χ1n) is 16.0. The number of aryl methyl sites for hydroxylation is 1. The molecule has 0 aromatic carbocycles. The van der Waals surface area contributed by atoms with Crippen molar-refractivity contribution in [2.45, 2.75) is 37.8 Å². The molecule has 3 aliphatic heterocycles. The number of nitrogens with zero attached hydrogens (tertiary/aromatic N) is 16. The Morgan fingerprint density at radius 1 is 0.381 bits per heavy atom. The molecule has 0 saturated heterocycles. The molecule has 16 nitrogen and oxygen atoms in total. The van der Waals surface area contributed by atoms with Gasteiger partial charge < -0.3 is 0 Å². The average molecular weight is 898 g/mol. The van der Waals surface area contributed by atoms with Gasteiger partial charge in [0, 0.05) is 5.56 Å². The fourth-order valence-corrected chi connectivity index (χ4v) is 5.47. The molecule has 0 spiro atoms. The van der Waals surface area contributed by atoms with Gasteiger partial charge >= 0.3 is 30.9 Å². The van der Waals surface area contributed by atoms with Gasteiger partial charge in [0.05, 0.1) is 17.1 Å². The highest BCUT2D eigenvalue weighted by atomic mass is 19.4. The van der Waals surface area contributed by atoms with Crippen LogP contribution in [0.25, 0.3) is 16.7 Å². The molecule has 0 unspecified atom stereocenters. The van der Waals surface area contributed by atoms with E-state index in [0.717, 1.165) is 13.0 Å². The molecule has 4 aromatic heterocycles. The van der Waals surface area contributed by atoms with Crippen molar-refractivity contribution in [2.24, 2.45) is 30.0 Å². The van der Waals surface area contributed by atoms with E-state index >= 15 is 0 Å². The number of pyridine rings is 1. The molecule has 3 aliphatic rings. The molecule has 0 radical (unpaired) electrons. The van der Waals surface area contributed by atoms with Crippen molar-refractivity contribution in [3.05, 3.63) is 114 Å². The number of rotatable bonds is 3. The molecule has 31 heteroatoms. The van der Waals surface area contributed by atoms with Gasteiger partial charge in [0.1, 0.15) is 34.9 Å². The van der Waals surface area contributed by atoms with Gasteiger partial charge in [0.2, 0.25) is 27.4 Å². The average Bonchev–Trinajstić information content (AvgIpc) is 3.88. The van der Waals surface area contributed by atoms with Crippen LogP contribution in [0.4, 0.5) is 65.9 Å². The molecule has 318 valence electrons. The van der Waals surface area contributed by atoms with E-state index in [-0.39, 0.29) is 0 Å². The molecule has 0 bridgehead atoms. The van der Waals surface area contributed by atoms with Crippen LogP contribution in [-0.4, -0.2) is 34.9 Å². The number of hydrogen-bond donors (Lipinski definition) is 0. The largest absolute Gasteiger partial charge is 0.435 e. The van der Waals surface area contributed by atoms with E-state index < -0.39 is 149 Å². The molecule has 0 atom stereocenters. The van der Waals surface area contributed by atoms with Crippen molar-refractivity contribution >= 4 is 16.7 Å². The summed E-state index contributed by atoms with van der Waals surface area (Å²) in [6.45, 7) is 0.913. The standard InChI is InChI=1S/C32H5F15N16/c1-7-14(28(33,34)35)53-23-22(51-7)60-20(61-23)10(5-49)12-2-8(9(4-48)19-58-24-25(59-19)55-16(30(39,40)41)15(54-24)29(36,37)38)3-13(52-12)11(6-50)21-62-26-27(63-21)57-18(32(45,46)47)17(56-26)31(42,43)44/h2-3H,1H3/b20-10-. The van der Waals surface area contributed by atoms with Crippen molar-refractivity contribution in [1.82, 2.24) is 34.9 Å². The van der Waals surface area contributed by atoms with Gasteiger partial charge in [-0.05, 0) is 19.1 Å². The van der Waals surface area contributed by atoms with Crippen molar-refractivity contribution < 1.29 is 65.9 Å². The third-order valence-electron chi connectivity index (χ3n) is 8.00. The van der Waals surface area contributed by atoms with E-state index in [9.17, 15) is 81.6 Å². The third kappa shape index (κ3) is 7.84. The van der Waals surface area contributed by atoms with Gasteiger partial charge in [-0.1, -0.05) is 0 Å². The minimum atomic E-state index is -5.75. The Morgan fingerprint density at radius 3 is 0.905 bits per heavy atom. The smallest absolute Gasteiger partial charge is 0.246 e. The summed E-state index contributed by atoms with van der Waals surface area (Å²) in [5.41, 5.74) is -23.4. The number of alkyl halides is 15. The quantitative estimate of drug-likeness (QED) is 0.215. The Kier molecular flexibility index (Phi) is 9.68. The second-order valence-electron chi connectivity index (χ2n) is 12.2. The maximum Gasteiger partial charge on any atom is 0.435 e. The van der Waals surface area contributed by atoms with E-state index in [1.807, 2.05) is 0 Å². The Labute approximate surface area is 333 Å². The SMILES string of the molecule is Cc1nc2c(nc1C(F)(F)F)=N/C(=C(/C#N)c1cc(C(C#N)=C3N=c4nc(C(F)(F)F)c(C(F)(F)F)nc4=N3)cc(C(C#N)=C3N=c4nc(C(F)(F)F)c(C(F)(F)F)nc4=N3)n1)N=2. The van der Waals surface area contributed by atoms with Crippen LogP contribution >= 0.6 is 0 Å². The first-order valence-corrected chi connectivity index (χ1v) is 16.0. The Balaban J connectivity index is 1.52. The highest BCUT2D eigenvalue weighted by Gasteiger charge is 2.48. The number of fused-ring (bicyclic) bond motifs is 3. The van der Waals surface area contributed by atoms with Crippen LogP contribution in [0.2, 0.25) is 0 Å². The summed E-state index contributed by atoms with van der Waals surface area (Å²) in [5, 5.41) is 30.7. The number of allylic oxidation sites excluding steroid dienone is 3. The number of aromatic nitrogens is 7. The van der Waals surface area contributed by atoms with E-state index in [0.29, 0.717) is 6.07 Å². The van der Waals surface area contributed by atoms with Crippen LogP contribution in [0.15, 0.2) is 59.6 Å². The number of hydrogen-bond acceptors (Lipinski definition) is 16. The summed E-state index contributed by atoms with van der Waals surface area (Å²) in [6.07, 6.45) is -28.0. The molecule has 0 saturated carbocycles. The summed E-state index contributed by atoms with van der Waals surface area (Å²) in [7, 11) is 0. The molecule has 7 heterocycles. The van der Waals surface area contributed by atoms with Crippen LogP contribution in [0, 0.1) is 40.9 Å². The zero-order valence-corrected chi connectivity index (χ0v) is 29.5. The van der Waals surface area contributed by atoms with Gasteiger partial charge in [0.15, 0.2) is 51.4 Å². The Morgan fingerprint density at radius 2 is 0.635 bits per heavy atom. The Bertz CT molecular complexity index is 3110. The van der Waals surface area contributed by atoms with Crippen molar-refractivity contribution in [2.75, 3.05) is 0 Å². The molecule has 0 N–H and O–H groups in total. The maximum absolute atomic E-state index is 13.6. The lowest BCUT2D eigenvalue weighted by molar-refractivity contribution is -0.167. The minimum Gasteiger partial charge on any atom is -0.246 e. The molecule has 0 amide bonds. The predicted molar refractivity (Wildman–Crippen MR) is 165 cm³/mol. The summed E-state index contributed by atoms with van der Waals surface area (Å²) < 4.78 is 204. The number of halogens is 15. The first kappa shape index (κ1) is 42.9. The summed E-state index contributed by atoms with van der Waals surface area (Å²) in [6, 6.07) is 5.99. The molecule has 4 aromatic rings. The van der Waals surface area contributed by atoms with E-state index in [4.69, 9.17) is 0 Å². The Hall–Kier alpha value is -8.17. The second kappa shape index (κ2) is 14.2. The summed E-state index contributed by atoms with van der Waals surface area (Å²) in [5.74, 6) is -2.80. The van der Waals surface area contributed by atoms with Crippen molar-refractivity contribution in [3.63, 3.8) is 0 Å². The van der Waals surface area contributed by atoms with Crippen LogP contribution in [0.3, 0.4) is 0 Å². The lowest BCUT2D eigenvalue weighted by atomic mass is 10.0. The molecule has 0 fully saturated rings. The van der Waals surface area contributed by atoms with Gasteiger partial charge in [0.25, 0.3) is 0 Å². The summed E-state index contributed by atoms with van der Waals surface area (Å²) >= 11 is 0. The van der Waals surface area contributed by atoms with Crippen LogP contribution in [-0.2, 0) is 30.9 Å². The van der Waals surface area contributed by atoms with Crippen LogP contribution in [0.1, 0.15) is 51.1 Å². The van der Waals surface area contributed by atoms with Gasteiger partial charge in [-0.15, -0.1) is 0 Å². The molecule has 63 heavy (non-hydrogen) atoms. The van der Waals surface area contributed by atoms with Crippen molar-refractivity contribution in [3.8, 4) is 18.2 Å². The lowest BCUT2D eigenvalue weighted by Gasteiger charge is -2.11. The predicted octanol–water partition coefficient (Wildman–Crippen LogP) is 3.29. The first-order chi connectivity index (χ1) is 29.1. The molecular formula is C32H5F15N16. The molecule has 0 aliphatic carbocycles. The lowest BCUT2D eigenvalue weighted by Crippen LogP contribution is -2.36. The monoisotopic (exact) mass is 898 g/mol. The zero-order valence-electron chi connectivity index (χ0n) is 29.5. The highest BCUT2D eigenvalue weighted by molar-refractivity contribution is 5.87. The maximum atomic E-state index is 13.6. The zero-order chi connectivity index (χ0) is 46.4. The van der Waals surface area contributed by atoms with Crippen molar-refractivity contribution in [1.29, 1.82) is 15.8 Å². The fraction of sp³-hybridized carbons (Fsp3) is 0.188. The third-order valence-corrected chi connectivity index (χ3v) is 8.00. The fourth-order valence-electron chi connectivity index (χ4n) is 5.47. The van der Waals surface area contributed by atoms with Crippen LogP contribution in [0.5, 0.6) is 0 Å². The summed E-state index contributed by atoms with van der Waals surface area (Å²) in [4.78, 5) is 44.5. The number of nitriles is 3. The van der Waals surface area contributed by atoms with Gasteiger partial charge in [-0.25, -0.2) is 64.8 Å². The van der Waals surface area contributed by atoms with E-state index in [1.54, 1.807) is 6.07 Å². The molecule has 7 rings (SSSR count). The minimum absolute atomic E-state index is 0.560. The second-order valence-corrected chi connectivity index (χ2v) is 12.2. The van der Waals surface area contributed by atoms with Gasteiger partial charge in [-0.3, -0.25) is 0 Å².